The maximum absolute atomic E-state index is 13.1. The monoisotopic (exact) mass is 277 g/mol. The first-order chi connectivity index (χ1) is 9.62. The Morgan fingerprint density at radius 3 is 2.60 bits per heavy atom. The number of pyridine rings is 1. The van der Waals surface area contributed by atoms with Crippen LogP contribution in [0.4, 0.5) is 8.78 Å². The van der Waals surface area contributed by atoms with Crippen LogP contribution in [0.5, 0.6) is 0 Å². The largest absolute Gasteiger partial charge is 0.348 e. The third-order valence-corrected chi connectivity index (χ3v) is 3.89. The van der Waals surface area contributed by atoms with Gasteiger partial charge in [0.2, 0.25) is 5.92 Å². The Hall–Kier alpha value is -1.78. The van der Waals surface area contributed by atoms with Crippen molar-refractivity contribution in [2.24, 2.45) is 0 Å². The summed E-state index contributed by atoms with van der Waals surface area (Å²) in [6.45, 7) is 0. The molecule has 0 aliphatic heterocycles. The SMILES string of the molecule is FC1(F)CCC(c2nc(Cc3ccncc3)c[nH]2)CC1. The normalized spacial score (nSPS) is 19.1. The number of H-pyrrole nitrogens is 1. The van der Waals surface area contributed by atoms with E-state index in [1.807, 2.05) is 18.3 Å². The van der Waals surface area contributed by atoms with Crippen molar-refractivity contribution in [1.82, 2.24) is 15.0 Å². The van der Waals surface area contributed by atoms with E-state index in [1.54, 1.807) is 12.4 Å². The molecule has 0 amide bonds. The van der Waals surface area contributed by atoms with Crippen LogP contribution in [0.25, 0.3) is 0 Å². The van der Waals surface area contributed by atoms with Gasteiger partial charge in [-0.05, 0) is 30.5 Å². The summed E-state index contributed by atoms with van der Waals surface area (Å²) in [5.74, 6) is -1.49. The molecule has 3 nitrogen and oxygen atoms in total. The number of aromatic nitrogens is 3. The lowest BCUT2D eigenvalue weighted by atomic mass is 9.86. The minimum Gasteiger partial charge on any atom is -0.348 e. The van der Waals surface area contributed by atoms with E-state index in [0.29, 0.717) is 12.8 Å². The van der Waals surface area contributed by atoms with E-state index in [1.165, 1.54) is 0 Å². The molecule has 0 spiro atoms. The summed E-state index contributed by atoms with van der Waals surface area (Å²) >= 11 is 0. The van der Waals surface area contributed by atoms with Gasteiger partial charge in [0.15, 0.2) is 0 Å². The molecule has 0 saturated heterocycles. The Kier molecular flexibility index (Phi) is 3.51. The van der Waals surface area contributed by atoms with Gasteiger partial charge in [0.1, 0.15) is 5.82 Å². The van der Waals surface area contributed by atoms with Crippen molar-refractivity contribution in [2.45, 2.75) is 43.9 Å². The molecule has 0 atom stereocenters. The minimum atomic E-state index is -2.48. The average molecular weight is 277 g/mol. The molecule has 0 bridgehead atoms. The summed E-state index contributed by atoms with van der Waals surface area (Å²) in [4.78, 5) is 11.7. The van der Waals surface area contributed by atoms with E-state index in [-0.39, 0.29) is 18.8 Å². The first-order valence-corrected chi connectivity index (χ1v) is 6.93. The number of rotatable bonds is 3. The van der Waals surface area contributed by atoms with E-state index in [2.05, 4.69) is 15.0 Å². The number of hydrogen-bond donors (Lipinski definition) is 1. The number of nitrogens with zero attached hydrogens (tertiary/aromatic N) is 2. The molecule has 2 aromatic rings. The molecule has 20 heavy (non-hydrogen) atoms. The van der Waals surface area contributed by atoms with E-state index < -0.39 is 5.92 Å². The van der Waals surface area contributed by atoms with Crippen molar-refractivity contribution in [3.05, 3.63) is 47.8 Å². The molecule has 1 N–H and O–H groups in total. The topological polar surface area (TPSA) is 41.6 Å². The van der Waals surface area contributed by atoms with Crippen molar-refractivity contribution >= 4 is 0 Å². The number of nitrogens with one attached hydrogen (secondary N) is 1. The molecule has 2 aromatic heterocycles. The lowest BCUT2D eigenvalue weighted by Crippen LogP contribution is -2.24. The molecular formula is C15H17F2N3. The smallest absolute Gasteiger partial charge is 0.248 e. The van der Waals surface area contributed by atoms with Gasteiger partial charge < -0.3 is 4.98 Å². The Morgan fingerprint density at radius 2 is 1.90 bits per heavy atom. The molecule has 1 fully saturated rings. The molecule has 0 aromatic carbocycles. The van der Waals surface area contributed by atoms with E-state index >= 15 is 0 Å². The highest BCUT2D eigenvalue weighted by Crippen LogP contribution is 2.39. The standard InChI is InChI=1S/C15H17F2N3/c16-15(17)5-1-12(2-6-15)14-19-10-13(20-14)9-11-3-7-18-8-4-11/h3-4,7-8,10,12H,1-2,5-6,9H2,(H,19,20). The molecule has 1 aliphatic rings. The first-order valence-electron chi connectivity index (χ1n) is 6.93. The lowest BCUT2D eigenvalue weighted by Gasteiger charge is -2.26. The maximum Gasteiger partial charge on any atom is 0.248 e. The van der Waals surface area contributed by atoms with Crippen LogP contribution in [0.3, 0.4) is 0 Å². The summed E-state index contributed by atoms with van der Waals surface area (Å²) in [6, 6.07) is 3.91. The Bertz CT molecular complexity index is 556. The molecule has 2 heterocycles. The Balaban J connectivity index is 1.65. The van der Waals surface area contributed by atoms with Crippen molar-refractivity contribution in [3.8, 4) is 0 Å². The summed E-state index contributed by atoms with van der Waals surface area (Å²) in [7, 11) is 0. The van der Waals surface area contributed by atoms with Crippen molar-refractivity contribution in [2.75, 3.05) is 0 Å². The third kappa shape index (κ3) is 3.03. The molecule has 0 unspecified atom stereocenters. The minimum absolute atomic E-state index is 0.0297. The molecule has 106 valence electrons. The van der Waals surface area contributed by atoms with Gasteiger partial charge in [0.05, 0.1) is 5.69 Å². The highest BCUT2D eigenvalue weighted by atomic mass is 19.3. The van der Waals surface area contributed by atoms with Crippen molar-refractivity contribution in [1.29, 1.82) is 0 Å². The molecule has 5 heteroatoms. The van der Waals surface area contributed by atoms with Gasteiger partial charge in [0.25, 0.3) is 0 Å². The highest BCUT2D eigenvalue weighted by molar-refractivity contribution is 5.19. The van der Waals surface area contributed by atoms with Crippen LogP contribution in [-0.2, 0) is 6.42 Å². The number of imidazole rings is 1. The Labute approximate surface area is 116 Å². The zero-order chi connectivity index (χ0) is 14.0. The molecule has 0 radical (unpaired) electrons. The lowest BCUT2D eigenvalue weighted by molar-refractivity contribution is -0.0387. The fraction of sp³-hybridized carbons (Fsp3) is 0.467. The highest BCUT2D eigenvalue weighted by Gasteiger charge is 2.36. The summed E-state index contributed by atoms with van der Waals surface area (Å²) in [6.07, 6.45) is 7.09. The Morgan fingerprint density at radius 1 is 1.20 bits per heavy atom. The van der Waals surface area contributed by atoms with Crippen LogP contribution in [0.2, 0.25) is 0 Å². The first kappa shape index (κ1) is 13.2. The van der Waals surface area contributed by atoms with Gasteiger partial charge in [-0.25, -0.2) is 13.8 Å². The van der Waals surface area contributed by atoms with Crippen molar-refractivity contribution in [3.63, 3.8) is 0 Å². The number of alkyl halides is 2. The summed E-state index contributed by atoms with van der Waals surface area (Å²) in [5, 5.41) is 0. The van der Waals surface area contributed by atoms with Crippen LogP contribution in [0, 0.1) is 0 Å². The van der Waals surface area contributed by atoms with Crippen LogP contribution in [0.1, 0.15) is 48.7 Å². The van der Waals surface area contributed by atoms with Crippen molar-refractivity contribution < 1.29 is 8.78 Å². The molecular weight excluding hydrogens is 260 g/mol. The summed E-state index contributed by atoms with van der Waals surface area (Å²) < 4.78 is 26.3. The molecule has 3 rings (SSSR count). The summed E-state index contributed by atoms with van der Waals surface area (Å²) in [5.41, 5.74) is 2.09. The van der Waals surface area contributed by atoms with Gasteiger partial charge in [-0.1, -0.05) is 0 Å². The predicted molar refractivity (Wildman–Crippen MR) is 71.8 cm³/mol. The zero-order valence-corrected chi connectivity index (χ0v) is 11.1. The van der Waals surface area contributed by atoms with E-state index in [0.717, 1.165) is 23.5 Å². The second kappa shape index (κ2) is 5.31. The van der Waals surface area contributed by atoms with Gasteiger partial charge in [-0.3, -0.25) is 4.98 Å². The van der Waals surface area contributed by atoms with Gasteiger partial charge in [0, 0.05) is 43.8 Å². The number of aromatic amines is 1. The van der Waals surface area contributed by atoms with Crippen LogP contribution in [-0.4, -0.2) is 20.9 Å². The maximum atomic E-state index is 13.1. The van der Waals surface area contributed by atoms with E-state index in [9.17, 15) is 8.78 Å². The zero-order valence-electron chi connectivity index (χ0n) is 11.1. The van der Waals surface area contributed by atoms with Gasteiger partial charge in [-0.2, -0.15) is 0 Å². The predicted octanol–water partition coefficient (Wildman–Crippen LogP) is 3.69. The quantitative estimate of drug-likeness (QED) is 0.929. The second-order valence-corrected chi connectivity index (χ2v) is 5.44. The number of halogens is 2. The third-order valence-electron chi connectivity index (χ3n) is 3.89. The van der Waals surface area contributed by atoms with Crippen LogP contribution >= 0.6 is 0 Å². The van der Waals surface area contributed by atoms with Gasteiger partial charge in [-0.15, -0.1) is 0 Å². The van der Waals surface area contributed by atoms with Crippen LogP contribution < -0.4 is 0 Å². The fourth-order valence-corrected chi connectivity index (χ4v) is 2.70. The van der Waals surface area contributed by atoms with Crippen LogP contribution in [0.15, 0.2) is 30.7 Å². The van der Waals surface area contributed by atoms with E-state index in [4.69, 9.17) is 0 Å². The van der Waals surface area contributed by atoms with Gasteiger partial charge >= 0.3 is 0 Å². The molecule has 1 saturated carbocycles. The second-order valence-electron chi connectivity index (χ2n) is 5.44. The fourth-order valence-electron chi connectivity index (χ4n) is 2.70. The average Bonchev–Trinajstić information content (AvgIpc) is 2.88. The number of hydrogen-bond acceptors (Lipinski definition) is 2. The molecule has 1 aliphatic carbocycles.